The minimum atomic E-state index is 0.674. The lowest BCUT2D eigenvalue weighted by Gasteiger charge is -2.42. The van der Waals surface area contributed by atoms with Crippen LogP contribution in [0.3, 0.4) is 0 Å². The molecule has 0 aromatic carbocycles. The summed E-state index contributed by atoms with van der Waals surface area (Å²) in [6, 6.07) is 1.43. The molecule has 1 rings (SSSR count). The number of piperazine rings is 1. The minimum absolute atomic E-state index is 0.674. The van der Waals surface area contributed by atoms with Gasteiger partial charge < -0.3 is 10.2 Å². The number of rotatable bonds is 5. The van der Waals surface area contributed by atoms with E-state index in [4.69, 9.17) is 0 Å². The van der Waals surface area contributed by atoms with Crippen molar-refractivity contribution in [3.63, 3.8) is 0 Å². The normalized spacial score (nSPS) is 26.8. The maximum atomic E-state index is 3.43. The SMILES string of the molecule is CCNCC(C)N1CCN(C)C(CC)C1. The molecule has 3 nitrogen and oxygen atoms in total. The third-order valence-electron chi connectivity index (χ3n) is 3.59. The number of hydrogen-bond acceptors (Lipinski definition) is 3. The summed E-state index contributed by atoms with van der Waals surface area (Å²) in [6.45, 7) is 12.7. The highest BCUT2D eigenvalue weighted by Gasteiger charge is 2.25. The number of hydrogen-bond donors (Lipinski definition) is 1. The van der Waals surface area contributed by atoms with Crippen LogP contribution in [0.25, 0.3) is 0 Å². The predicted molar refractivity (Wildman–Crippen MR) is 66.3 cm³/mol. The predicted octanol–water partition coefficient (Wildman–Crippen LogP) is 1.01. The van der Waals surface area contributed by atoms with Crippen LogP contribution in [0.2, 0.25) is 0 Å². The molecule has 0 amide bonds. The summed E-state index contributed by atoms with van der Waals surface area (Å²) in [4.78, 5) is 5.12. The third-order valence-corrected chi connectivity index (χ3v) is 3.59. The Morgan fingerprint density at radius 1 is 1.33 bits per heavy atom. The van der Waals surface area contributed by atoms with Crippen molar-refractivity contribution in [3.8, 4) is 0 Å². The topological polar surface area (TPSA) is 18.5 Å². The molecule has 1 aliphatic rings. The van der Waals surface area contributed by atoms with Gasteiger partial charge in [-0.3, -0.25) is 4.90 Å². The fraction of sp³-hybridized carbons (Fsp3) is 1.00. The summed E-state index contributed by atoms with van der Waals surface area (Å²) in [5.41, 5.74) is 0. The Morgan fingerprint density at radius 3 is 2.67 bits per heavy atom. The van der Waals surface area contributed by atoms with E-state index in [-0.39, 0.29) is 0 Å². The van der Waals surface area contributed by atoms with Gasteiger partial charge in [-0.05, 0) is 26.9 Å². The lowest BCUT2D eigenvalue weighted by molar-refractivity contribution is 0.0677. The lowest BCUT2D eigenvalue weighted by Crippen LogP contribution is -2.55. The number of likely N-dealkylation sites (N-methyl/N-ethyl adjacent to an activating group) is 2. The molecule has 15 heavy (non-hydrogen) atoms. The maximum absolute atomic E-state index is 3.43. The zero-order chi connectivity index (χ0) is 11.3. The van der Waals surface area contributed by atoms with E-state index in [1.807, 2.05) is 0 Å². The molecule has 0 aromatic rings. The van der Waals surface area contributed by atoms with Gasteiger partial charge in [0.1, 0.15) is 0 Å². The summed E-state index contributed by atoms with van der Waals surface area (Å²) in [5, 5.41) is 3.43. The zero-order valence-corrected chi connectivity index (χ0v) is 10.8. The van der Waals surface area contributed by atoms with Crippen LogP contribution in [0.5, 0.6) is 0 Å². The molecule has 1 N–H and O–H groups in total. The fourth-order valence-electron chi connectivity index (χ4n) is 2.29. The fourth-order valence-corrected chi connectivity index (χ4v) is 2.29. The second-order valence-corrected chi connectivity index (χ2v) is 4.69. The summed E-state index contributed by atoms with van der Waals surface area (Å²) in [6.07, 6.45) is 1.26. The highest BCUT2D eigenvalue weighted by atomic mass is 15.3. The van der Waals surface area contributed by atoms with E-state index >= 15 is 0 Å². The number of nitrogens with one attached hydrogen (secondary N) is 1. The Hall–Kier alpha value is -0.120. The molecule has 2 unspecified atom stereocenters. The van der Waals surface area contributed by atoms with Gasteiger partial charge >= 0.3 is 0 Å². The average Bonchev–Trinajstić information content (AvgIpc) is 2.26. The number of nitrogens with zero attached hydrogens (tertiary/aromatic N) is 2. The molecule has 1 heterocycles. The summed E-state index contributed by atoms with van der Waals surface area (Å²) < 4.78 is 0. The van der Waals surface area contributed by atoms with Gasteiger partial charge in [-0.2, -0.15) is 0 Å². The quantitative estimate of drug-likeness (QED) is 0.735. The molecule has 1 aliphatic heterocycles. The van der Waals surface area contributed by atoms with Crippen LogP contribution in [0.15, 0.2) is 0 Å². The van der Waals surface area contributed by atoms with Crippen molar-refractivity contribution in [2.45, 2.75) is 39.3 Å². The van der Waals surface area contributed by atoms with Gasteiger partial charge in [0.25, 0.3) is 0 Å². The molecule has 1 saturated heterocycles. The monoisotopic (exact) mass is 213 g/mol. The molecule has 0 saturated carbocycles. The Balaban J connectivity index is 2.36. The lowest BCUT2D eigenvalue weighted by atomic mass is 10.1. The summed E-state index contributed by atoms with van der Waals surface area (Å²) in [5.74, 6) is 0. The molecule has 0 spiro atoms. The van der Waals surface area contributed by atoms with Crippen LogP contribution in [0.1, 0.15) is 27.2 Å². The van der Waals surface area contributed by atoms with Crippen LogP contribution < -0.4 is 5.32 Å². The summed E-state index contributed by atoms with van der Waals surface area (Å²) >= 11 is 0. The molecule has 1 fully saturated rings. The maximum Gasteiger partial charge on any atom is 0.0218 e. The van der Waals surface area contributed by atoms with Crippen molar-refractivity contribution in [1.29, 1.82) is 0 Å². The zero-order valence-electron chi connectivity index (χ0n) is 10.8. The standard InChI is InChI=1S/C12H27N3/c1-5-12-10-15(8-7-14(12)4)11(3)9-13-6-2/h11-13H,5-10H2,1-4H3. The molecule has 0 bridgehead atoms. The van der Waals surface area contributed by atoms with Crippen LogP contribution >= 0.6 is 0 Å². The van der Waals surface area contributed by atoms with Crippen molar-refractivity contribution >= 4 is 0 Å². The van der Waals surface area contributed by atoms with E-state index in [2.05, 4.69) is 42.9 Å². The van der Waals surface area contributed by atoms with Crippen molar-refractivity contribution in [1.82, 2.24) is 15.1 Å². The van der Waals surface area contributed by atoms with Gasteiger partial charge in [0.2, 0.25) is 0 Å². The molecule has 0 aromatic heterocycles. The van der Waals surface area contributed by atoms with Gasteiger partial charge in [-0.1, -0.05) is 13.8 Å². The van der Waals surface area contributed by atoms with E-state index in [0.717, 1.165) is 19.1 Å². The van der Waals surface area contributed by atoms with Gasteiger partial charge in [0.05, 0.1) is 0 Å². The second-order valence-electron chi connectivity index (χ2n) is 4.69. The third kappa shape index (κ3) is 3.74. The average molecular weight is 213 g/mol. The largest absolute Gasteiger partial charge is 0.315 e. The van der Waals surface area contributed by atoms with Gasteiger partial charge in [-0.25, -0.2) is 0 Å². The Labute approximate surface area is 94.8 Å². The summed E-state index contributed by atoms with van der Waals surface area (Å²) in [7, 11) is 2.25. The van der Waals surface area contributed by atoms with E-state index in [9.17, 15) is 0 Å². The van der Waals surface area contributed by atoms with Gasteiger partial charge in [0.15, 0.2) is 0 Å². The smallest absolute Gasteiger partial charge is 0.0218 e. The Kier molecular flexibility index (Phi) is 5.58. The van der Waals surface area contributed by atoms with Crippen molar-refractivity contribution in [2.75, 3.05) is 39.8 Å². The van der Waals surface area contributed by atoms with Crippen molar-refractivity contribution in [2.24, 2.45) is 0 Å². The molecule has 0 aliphatic carbocycles. The first-order chi connectivity index (χ1) is 7.19. The van der Waals surface area contributed by atoms with Crippen LogP contribution in [0, 0.1) is 0 Å². The molecule has 2 atom stereocenters. The van der Waals surface area contributed by atoms with Crippen molar-refractivity contribution < 1.29 is 0 Å². The van der Waals surface area contributed by atoms with Crippen LogP contribution in [0.4, 0.5) is 0 Å². The van der Waals surface area contributed by atoms with Crippen LogP contribution in [-0.2, 0) is 0 Å². The highest BCUT2D eigenvalue weighted by molar-refractivity contribution is 4.82. The second kappa shape index (κ2) is 6.46. The Morgan fingerprint density at radius 2 is 2.07 bits per heavy atom. The molecule has 0 radical (unpaired) electrons. The van der Waals surface area contributed by atoms with Gasteiger partial charge in [0, 0.05) is 38.3 Å². The van der Waals surface area contributed by atoms with E-state index in [1.165, 1.54) is 26.1 Å². The molecular formula is C12H27N3. The first-order valence-electron chi connectivity index (χ1n) is 6.34. The molecule has 90 valence electrons. The Bertz CT molecular complexity index is 172. The van der Waals surface area contributed by atoms with Crippen molar-refractivity contribution in [3.05, 3.63) is 0 Å². The highest BCUT2D eigenvalue weighted by Crippen LogP contribution is 2.12. The molecule has 3 heteroatoms. The van der Waals surface area contributed by atoms with E-state index < -0.39 is 0 Å². The van der Waals surface area contributed by atoms with Gasteiger partial charge in [-0.15, -0.1) is 0 Å². The first-order valence-corrected chi connectivity index (χ1v) is 6.34. The molecular weight excluding hydrogens is 186 g/mol. The van der Waals surface area contributed by atoms with E-state index in [0.29, 0.717) is 6.04 Å². The van der Waals surface area contributed by atoms with Crippen LogP contribution in [-0.4, -0.2) is 61.7 Å². The first kappa shape index (κ1) is 12.9. The minimum Gasteiger partial charge on any atom is -0.315 e. The van der Waals surface area contributed by atoms with E-state index in [1.54, 1.807) is 0 Å².